The number of sulfonamides is 1. The van der Waals surface area contributed by atoms with Gasteiger partial charge in [-0.2, -0.15) is 0 Å². The van der Waals surface area contributed by atoms with Crippen LogP contribution in [0, 0.1) is 6.92 Å². The summed E-state index contributed by atoms with van der Waals surface area (Å²) in [6.07, 6.45) is 0. The molecule has 0 fully saturated rings. The summed E-state index contributed by atoms with van der Waals surface area (Å²) in [5.74, 6) is 1.24. The average Bonchev–Trinajstić information content (AvgIpc) is 2.55. The number of hydrogen-bond donors (Lipinski definition) is 1. The van der Waals surface area contributed by atoms with E-state index in [0.29, 0.717) is 17.1 Å². The van der Waals surface area contributed by atoms with E-state index >= 15 is 0 Å². The van der Waals surface area contributed by atoms with Crippen molar-refractivity contribution < 1.29 is 17.9 Å². The molecule has 0 aromatic heterocycles. The second-order valence-corrected chi connectivity index (χ2v) is 7.53. The lowest BCUT2D eigenvalue weighted by Crippen LogP contribution is -2.23. The second kappa shape index (κ2) is 7.33. The number of aryl methyl sites for hydroxylation is 1. The molecule has 0 aliphatic rings. The lowest BCUT2D eigenvalue weighted by atomic mass is 10.2. The molecule has 5 nitrogen and oxygen atoms in total. The van der Waals surface area contributed by atoms with Crippen LogP contribution < -0.4 is 14.2 Å². The normalized spacial score (nSPS) is 11.3. The monoisotopic (exact) mass is 399 g/mol. The van der Waals surface area contributed by atoms with Crippen molar-refractivity contribution in [3.63, 3.8) is 0 Å². The summed E-state index contributed by atoms with van der Waals surface area (Å²) in [4.78, 5) is 0.222. The lowest BCUT2D eigenvalue weighted by Gasteiger charge is -2.12. The van der Waals surface area contributed by atoms with E-state index in [2.05, 4.69) is 20.7 Å². The third kappa shape index (κ3) is 4.25. The SMILES string of the molecule is COc1ccc(OC)c(CNS(=O)(=O)c2ccc(Br)c(C)c2)c1. The number of ether oxygens (including phenoxy) is 2. The first-order chi connectivity index (χ1) is 10.9. The van der Waals surface area contributed by atoms with E-state index in [1.165, 1.54) is 7.11 Å². The lowest BCUT2D eigenvalue weighted by molar-refractivity contribution is 0.398. The van der Waals surface area contributed by atoms with Gasteiger partial charge in [-0.1, -0.05) is 15.9 Å². The highest BCUT2D eigenvalue weighted by molar-refractivity contribution is 9.10. The Hall–Kier alpha value is -1.57. The first kappa shape index (κ1) is 17.8. The molecule has 0 spiro atoms. The van der Waals surface area contributed by atoms with E-state index in [1.54, 1.807) is 43.5 Å². The molecule has 23 heavy (non-hydrogen) atoms. The Morgan fingerprint density at radius 2 is 1.83 bits per heavy atom. The molecule has 0 unspecified atom stereocenters. The van der Waals surface area contributed by atoms with Crippen molar-refractivity contribution in [1.82, 2.24) is 4.72 Å². The van der Waals surface area contributed by atoms with Gasteiger partial charge >= 0.3 is 0 Å². The van der Waals surface area contributed by atoms with Crippen molar-refractivity contribution in [2.45, 2.75) is 18.4 Å². The van der Waals surface area contributed by atoms with Crippen molar-refractivity contribution in [2.75, 3.05) is 14.2 Å². The number of rotatable bonds is 6. The Morgan fingerprint density at radius 1 is 1.09 bits per heavy atom. The number of nitrogens with one attached hydrogen (secondary N) is 1. The summed E-state index contributed by atoms with van der Waals surface area (Å²) in [7, 11) is -0.514. The van der Waals surface area contributed by atoms with Crippen LogP contribution in [0.25, 0.3) is 0 Å². The van der Waals surface area contributed by atoms with Crippen molar-refractivity contribution in [2.24, 2.45) is 0 Å². The molecule has 2 aromatic rings. The molecule has 0 aliphatic carbocycles. The standard InChI is InChI=1S/C16H18BrNO4S/c1-11-8-14(5-6-15(11)17)23(19,20)18-10-12-9-13(21-2)4-7-16(12)22-3/h4-9,18H,10H2,1-3H3. The maximum absolute atomic E-state index is 12.4. The topological polar surface area (TPSA) is 64.6 Å². The highest BCUT2D eigenvalue weighted by Crippen LogP contribution is 2.25. The van der Waals surface area contributed by atoms with Gasteiger partial charge in [-0.25, -0.2) is 13.1 Å². The highest BCUT2D eigenvalue weighted by atomic mass is 79.9. The molecule has 0 heterocycles. The van der Waals surface area contributed by atoms with Crippen LogP contribution in [-0.4, -0.2) is 22.6 Å². The smallest absolute Gasteiger partial charge is 0.240 e. The van der Waals surface area contributed by atoms with E-state index < -0.39 is 10.0 Å². The summed E-state index contributed by atoms with van der Waals surface area (Å²) >= 11 is 3.36. The van der Waals surface area contributed by atoms with Crippen LogP contribution in [0.5, 0.6) is 11.5 Å². The van der Waals surface area contributed by atoms with Crippen molar-refractivity contribution in [3.8, 4) is 11.5 Å². The molecule has 1 N–H and O–H groups in total. The minimum absolute atomic E-state index is 0.109. The Balaban J connectivity index is 2.23. The van der Waals surface area contributed by atoms with Crippen LogP contribution in [0.4, 0.5) is 0 Å². The summed E-state index contributed by atoms with van der Waals surface area (Å²) < 4.78 is 38.7. The quantitative estimate of drug-likeness (QED) is 0.809. The molecule has 2 aromatic carbocycles. The van der Waals surface area contributed by atoms with E-state index in [4.69, 9.17) is 9.47 Å². The fourth-order valence-electron chi connectivity index (χ4n) is 2.06. The molecule has 2 rings (SSSR count). The Bertz CT molecular complexity index is 806. The predicted octanol–water partition coefficient (Wildman–Crippen LogP) is 3.25. The van der Waals surface area contributed by atoms with Crippen molar-refractivity contribution >= 4 is 26.0 Å². The van der Waals surface area contributed by atoms with Crippen LogP contribution in [0.3, 0.4) is 0 Å². The summed E-state index contributed by atoms with van der Waals surface area (Å²) in [6.45, 7) is 1.95. The number of methoxy groups -OCH3 is 2. The average molecular weight is 400 g/mol. The minimum atomic E-state index is -3.61. The van der Waals surface area contributed by atoms with Gasteiger partial charge in [0.25, 0.3) is 0 Å². The Morgan fingerprint density at radius 3 is 2.43 bits per heavy atom. The Kier molecular flexibility index (Phi) is 5.67. The van der Waals surface area contributed by atoms with E-state index in [1.807, 2.05) is 6.92 Å². The van der Waals surface area contributed by atoms with Crippen molar-refractivity contribution in [1.29, 1.82) is 0 Å². The maximum Gasteiger partial charge on any atom is 0.240 e. The van der Waals surface area contributed by atoms with Gasteiger partial charge in [-0.3, -0.25) is 0 Å². The fourth-order valence-corrected chi connectivity index (χ4v) is 3.40. The second-order valence-electron chi connectivity index (χ2n) is 4.91. The third-order valence-electron chi connectivity index (χ3n) is 3.38. The van der Waals surface area contributed by atoms with Crippen molar-refractivity contribution in [3.05, 3.63) is 52.0 Å². The zero-order chi connectivity index (χ0) is 17.0. The zero-order valence-electron chi connectivity index (χ0n) is 13.1. The summed E-state index contributed by atoms with van der Waals surface area (Å²) in [5.41, 5.74) is 1.55. The molecular formula is C16H18BrNO4S. The predicted molar refractivity (Wildman–Crippen MR) is 92.5 cm³/mol. The van der Waals surface area contributed by atoms with Gasteiger partial charge in [0.1, 0.15) is 11.5 Å². The summed E-state index contributed by atoms with van der Waals surface area (Å²) in [6, 6.07) is 10.1. The third-order valence-corrected chi connectivity index (χ3v) is 5.67. The summed E-state index contributed by atoms with van der Waals surface area (Å²) in [5, 5.41) is 0. The maximum atomic E-state index is 12.4. The van der Waals surface area contributed by atoms with E-state index in [-0.39, 0.29) is 11.4 Å². The van der Waals surface area contributed by atoms with Gasteiger partial charge < -0.3 is 9.47 Å². The molecule has 0 aliphatic heterocycles. The number of halogens is 1. The van der Waals surface area contributed by atoms with Gasteiger partial charge in [0.2, 0.25) is 10.0 Å². The van der Waals surface area contributed by atoms with Crippen LogP contribution in [-0.2, 0) is 16.6 Å². The van der Waals surface area contributed by atoms with Crippen LogP contribution >= 0.6 is 15.9 Å². The molecule has 0 saturated heterocycles. The molecule has 0 atom stereocenters. The van der Waals surface area contributed by atoms with Gasteiger partial charge in [0, 0.05) is 16.6 Å². The first-order valence-corrected chi connectivity index (χ1v) is 9.11. The van der Waals surface area contributed by atoms with Crippen LogP contribution in [0.1, 0.15) is 11.1 Å². The van der Waals surface area contributed by atoms with Gasteiger partial charge in [-0.05, 0) is 48.9 Å². The molecular weight excluding hydrogens is 382 g/mol. The molecule has 7 heteroatoms. The zero-order valence-corrected chi connectivity index (χ0v) is 15.5. The number of hydrogen-bond acceptors (Lipinski definition) is 4. The largest absolute Gasteiger partial charge is 0.497 e. The molecule has 0 amide bonds. The highest BCUT2D eigenvalue weighted by Gasteiger charge is 2.16. The van der Waals surface area contributed by atoms with Gasteiger partial charge in [-0.15, -0.1) is 0 Å². The van der Waals surface area contributed by atoms with Crippen LogP contribution in [0.15, 0.2) is 45.8 Å². The van der Waals surface area contributed by atoms with Gasteiger partial charge in [0.15, 0.2) is 0 Å². The molecule has 0 bridgehead atoms. The molecule has 0 radical (unpaired) electrons. The van der Waals surface area contributed by atoms with E-state index in [9.17, 15) is 8.42 Å². The molecule has 0 saturated carbocycles. The molecule has 124 valence electrons. The minimum Gasteiger partial charge on any atom is -0.497 e. The Labute approximate surface area is 144 Å². The number of benzene rings is 2. The van der Waals surface area contributed by atoms with Gasteiger partial charge in [0.05, 0.1) is 19.1 Å². The van der Waals surface area contributed by atoms with Crippen LogP contribution in [0.2, 0.25) is 0 Å². The van der Waals surface area contributed by atoms with E-state index in [0.717, 1.165) is 10.0 Å². The first-order valence-electron chi connectivity index (χ1n) is 6.84. The fraction of sp³-hybridized carbons (Fsp3) is 0.250.